The second-order valence-corrected chi connectivity index (χ2v) is 8.83. The normalized spacial score (nSPS) is 14.4. The van der Waals surface area contributed by atoms with Gasteiger partial charge in [-0.15, -0.1) is 10.2 Å². The van der Waals surface area contributed by atoms with E-state index in [0.29, 0.717) is 30.1 Å². The lowest BCUT2D eigenvalue weighted by Crippen LogP contribution is -2.48. The number of ether oxygens (including phenoxy) is 1. The molecule has 0 radical (unpaired) electrons. The molecule has 1 aliphatic rings. The van der Waals surface area contributed by atoms with Crippen molar-refractivity contribution in [2.24, 2.45) is 0 Å². The number of rotatable bonds is 6. The van der Waals surface area contributed by atoms with Gasteiger partial charge >= 0.3 is 0 Å². The molecule has 0 atom stereocenters. The van der Waals surface area contributed by atoms with Crippen LogP contribution in [0.25, 0.3) is 16.8 Å². The van der Waals surface area contributed by atoms with Gasteiger partial charge in [-0.25, -0.2) is 4.52 Å². The second kappa shape index (κ2) is 9.84. The van der Waals surface area contributed by atoms with E-state index in [1.807, 2.05) is 42.2 Å². The van der Waals surface area contributed by atoms with Crippen LogP contribution >= 0.6 is 0 Å². The number of benzene rings is 2. The zero-order chi connectivity index (χ0) is 24.4. The minimum atomic E-state index is -0.0872. The molecule has 4 aromatic rings. The van der Waals surface area contributed by atoms with Gasteiger partial charge in [-0.2, -0.15) is 5.10 Å². The molecule has 2 aromatic carbocycles. The Labute approximate surface area is 205 Å². The summed E-state index contributed by atoms with van der Waals surface area (Å²) in [5, 5.41) is 13.7. The Hall–Kier alpha value is -3.78. The van der Waals surface area contributed by atoms with Gasteiger partial charge in [0.25, 0.3) is 5.91 Å². The SMILES string of the molecule is CCc1nn2c(C)c(C(=O)N3CCN(Cc4ccccc4)CC3)nnc2c1-c1ccc(OC)cc1. The van der Waals surface area contributed by atoms with E-state index in [4.69, 9.17) is 9.84 Å². The van der Waals surface area contributed by atoms with E-state index < -0.39 is 0 Å². The van der Waals surface area contributed by atoms with Crippen LogP contribution in [0, 0.1) is 6.92 Å². The number of methoxy groups -OCH3 is 1. The largest absolute Gasteiger partial charge is 0.497 e. The Balaban J connectivity index is 1.37. The van der Waals surface area contributed by atoms with E-state index in [0.717, 1.165) is 48.6 Å². The first-order chi connectivity index (χ1) is 17.1. The molecule has 0 bridgehead atoms. The quantitative estimate of drug-likeness (QED) is 0.428. The van der Waals surface area contributed by atoms with Crippen molar-refractivity contribution in [1.82, 2.24) is 29.6 Å². The average molecular weight is 471 g/mol. The number of hydrogen-bond donors (Lipinski definition) is 0. The van der Waals surface area contributed by atoms with Crippen LogP contribution < -0.4 is 4.74 Å². The zero-order valence-electron chi connectivity index (χ0n) is 20.4. The van der Waals surface area contributed by atoms with Crippen molar-refractivity contribution in [1.29, 1.82) is 0 Å². The summed E-state index contributed by atoms with van der Waals surface area (Å²) in [6, 6.07) is 18.3. The second-order valence-electron chi connectivity index (χ2n) is 8.83. The Morgan fingerprint density at radius 1 is 0.971 bits per heavy atom. The number of carbonyl (C=O) groups excluding carboxylic acids is 1. The highest BCUT2D eigenvalue weighted by Gasteiger charge is 2.27. The molecular weight excluding hydrogens is 440 g/mol. The van der Waals surface area contributed by atoms with Crippen molar-refractivity contribution < 1.29 is 9.53 Å². The first-order valence-electron chi connectivity index (χ1n) is 12.0. The third-order valence-electron chi connectivity index (χ3n) is 6.66. The molecule has 180 valence electrons. The molecule has 35 heavy (non-hydrogen) atoms. The number of piperazine rings is 1. The Morgan fingerprint density at radius 3 is 2.34 bits per heavy atom. The highest BCUT2D eigenvalue weighted by Crippen LogP contribution is 2.30. The first-order valence-corrected chi connectivity index (χ1v) is 12.0. The summed E-state index contributed by atoms with van der Waals surface area (Å²) in [7, 11) is 1.65. The first kappa shape index (κ1) is 23.0. The smallest absolute Gasteiger partial charge is 0.276 e. The molecule has 1 saturated heterocycles. The minimum Gasteiger partial charge on any atom is -0.497 e. The molecule has 0 saturated carbocycles. The van der Waals surface area contributed by atoms with Gasteiger partial charge in [0.05, 0.1) is 24.1 Å². The van der Waals surface area contributed by atoms with Gasteiger partial charge in [-0.1, -0.05) is 49.4 Å². The van der Waals surface area contributed by atoms with Gasteiger partial charge in [0, 0.05) is 32.7 Å². The summed E-state index contributed by atoms with van der Waals surface area (Å²) < 4.78 is 7.06. The molecule has 1 fully saturated rings. The third kappa shape index (κ3) is 4.49. The molecule has 0 aliphatic carbocycles. The van der Waals surface area contributed by atoms with E-state index >= 15 is 0 Å². The number of hydrogen-bond acceptors (Lipinski definition) is 6. The lowest BCUT2D eigenvalue weighted by Gasteiger charge is -2.34. The molecule has 8 heteroatoms. The van der Waals surface area contributed by atoms with Crippen LogP contribution in [0.2, 0.25) is 0 Å². The molecular formula is C27H30N6O2. The number of nitrogens with zero attached hydrogens (tertiary/aromatic N) is 6. The summed E-state index contributed by atoms with van der Waals surface area (Å²) in [5.74, 6) is 0.707. The predicted octanol–water partition coefficient (Wildman–Crippen LogP) is 3.63. The fourth-order valence-corrected chi connectivity index (χ4v) is 4.65. The van der Waals surface area contributed by atoms with Crippen LogP contribution in [0.4, 0.5) is 0 Å². The Kier molecular flexibility index (Phi) is 6.46. The number of carbonyl (C=O) groups is 1. The molecule has 3 heterocycles. The lowest BCUT2D eigenvalue weighted by atomic mass is 10.0. The van der Waals surface area contributed by atoms with Gasteiger partial charge in [0.2, 0.25) is 0 Å². The topological polar surface area (TPSA) is 75.9 Å². The fourth-order valence-electron chi connectivity index (χ4n) is 4.65. The van der Waals surface area contributed by atoms with Crippen LogP contribution in [-0.4, -0.2) is 68.8 Å². The molecule has 1 aliphatic heterocycles. The number of fused-ring (bicyclic) bond motifs is 1. The van der Waals surface area contributed by atoms with Gasteiger partial charge in [-0.05, 0) is 36.6 Å². The maximum Gasteiger partial charge on any atom is 0.276 e. The Morgan fingerprint density at radius 2 is 1.69 bits per heavy atom. The summed E-state index contributed by atoms with van der Waals surface area (Å²) >= 11 is 0. The van der Waals surface area contributed by atoms with Gasteiger partial charge in [0.15, 0.2) is 11.3 Å². The number of aromatic nitrogens is 4. The van der Waals surface area contributed by atoms with Crippen LogP contribution in [-0.2, 0) is 13.0 Å². The number of aryl methyl sites for hydroxylation is 2. The van der Waals surface area contributed by atoms with Crippen molar-refractivity contribution in [2.75, 3.05) is 33.3 Å². The van der Waals surface area contributed by atoms with Crippen molar-refractivity contribution in [2.45, 2.75) is 26.8 Å². The van der Waals surface area contributed by atoms with Gasteiger partial charge < -0.3 is 9.64 Å². The predicted molar refractivity (Wildman–Crippen MR) is 135 cm³/mol. The van der Waals surface area contributed by atoms with Crippen molar-refractivity contribution in [3.8, 4) is 16.9 Å². The van der Waals surface area contributed by atoms with Gasteiger partial charge in [0.1, 0.15) is 5.75 Å². The standard InChI is InChI=1S/C27H30N6O2/c1-4-23-24(21-10-12-22(35-3)13-11-21)26-29-28-25(19(2)33(26)30-23)27(34)32-16-14-31(15-17-32)18-20-8-6-5-7-9-20/h5-13H,4,14-18H2,1-3H3. The third-order valence-corrected chi connectivity index (χ3v) is 6.66. The van der Waals surface area contributed by atoms with Crippen LogP contribution in [0.5, 0.6) is 5.75 Å². The summed E-state index contributed by atoms with van der Waals surface area (Å²) in [5.41, 5.74) is 5.89. The molecule has 0 spiro atoms. The fraction of sp³-hybridized carbons (Fsp3) is 0.333. The summed E-state index contributed by atoms with van der Waals surface area (Å²) in [4.78, 5) is 17.6. The van der Waals surface area contributed by atoms with E-state index in [1.54, 1.807) is 11.6 Å². The summed E-state index contributed by atoms with van der Waals surface area (Å²) in [6.07, 6.45) is 0.747. The van der Waals surface area contributed by atoms with E-state index in [9.17, 15) is 4.79 Å². The maximum absolute atomic E-state index is 13.4. The van der Waals surface area contributed by atoms with E-state index in [-0.39, 0.29) is 5.91 Å². The zero-order valence-corrected chi connectivity index (χ0v) is 20.4. The van der Waals surface area contributed by atoms with Crippen LogP contribution in [0.15, 0.2) is 54.6 Å². The highest BCUT2D eigenvalue weighted by molar-refractivity contribution is 5.94. The van der Waals surface area contributed by atoms with Crippen LogP contribution in [0.3, 0.4) is 0 Å². The van der Waals surface area contributed by atoms with E-state index in [1.165, 1.54) is 5.56 Å². The van der Waals surface area contributed by atoms with Crippen molar-refractivity contribution in [3.05, 3.63) is 77.2 Å². The maximum atomic E-state index is 13.4. The monoisotopic (exact) mass is 470 g/mol. The number of amides is 1. The Bertz CT molecular complexity index is 1330. The summed E-state index contributed by atoms with van der Waals surface area (Å²) in [6.45, 7) is 7.86. The average Bonchev–Trinajstić information content (AvgIpc) is 3.29. The molecule has 8 nitrogen and oxygen atoms in total. The van der Waals surface area contributed by atoms with Gasteiger partial charge in [-0.3, -0.25) is 9.69 Å². The highest BCUT2D eigenvalue weighted by atomic mass is 16.5. The molecule has 0 unspecified atom stereocenters. The van der Waals surface area contributed by atoms with Crippen molar-refractivity contribution in [3.63, 3.8) is 0 Å². The minimum absolute atomic E-state index is 0.0872. The molecule has 2 aromatic heterocycles. The van der Waals surface area contributed by atoms with Crippen LogP contribution in [0.1, 0.15) is 34.4 Å². The lowest BCUT2D eigenvalue weighted by molar-refractivity contribution is 0.0620. The van der Waals surface area contributed by atoms with E-state index in [2.05, 4.69) is 46.3 Å². The van der Waals surface area contributed by atoms with Crippen molar-refractivity contribution >= 4 is 11.6 Å². The molecule has 5 rings (SSSR count). The molecule has 1 amide bonds. The molecule has 0 N–H and O–H groups in total.